The number of hydrogen-bond acceptors (Lipinski definition) is 2. The SMILES string of the molecule is O=C/C=C\C=C1/NCC[n+]2c1cc(-c1ccc(C(F)(F)F)cc1)c1ccccc12. The van der Waals surface area contributed by atoms with Crippen molar-refractivity contribution < 1.29 is 22.5 Å². The maximum atomic E-state index is 12.9. The van der Waals surface area contributed by atoms with Crippen molar-refractivity contribution in [3.8, 4) is 11.1 Å². The fourth-order valence-electron chi connectivity index (χ4n) is 3.63. The van der Waals surface area contributed by atoms with Gasteiger partial charge in [0.15, 0.2) is 6.54 Å². The Bertz CT molecular complexity index is 1130. The molecular formula is C23H18F3N2O+. The van der Waals surface area contributed by atoms with Crippen LogP contribution < -0.4 is 9.88 Å². The number of aromatic nitrogens is 1. The lowest BCUT2D eigenvalue weighted by Crippen LogP contribution is -2.48. The molecule has 0 unspecified atom stereocenters. The van der Waals surface area contributed by atoms with E-state index in [9.17, 15) is 18.0 Å². The summed E-state index contributed by atoms with van der Waals surface area (Å²) in [6, 6.07) is 15.1. The smallest absolute Gasteiger partial charge is 0.373 e. The number of aldehydes is 1. The Kier molecular flexibility index (Phi) is 4.92. The predicted octanol–water partition coefficient (Wildman–Crippen LogP) is 4.51. The van der Waals surface area contributed by atoms with E-state index in [0.29, 0.717) is 11.8 Å². The Balaban J connectivity index is 1.92. The molecule has 1 aromatic heterocycles. The molecule has 3 aromatic rings. The van der Waals surface area contributed by atoms with Crippen LogP contribution in [0.5, 0.6) is 0 Å². The van der Waals surface area contributed by atoms with Gasteiger partial charge in [0, 0.05) is 17.7 Å². The van der Waals surface area contributed by atoms with Gasteiger partial charge in [-0.3, -0.25) is 4.79 Å². The van der Waals surface area contributed by atoms with Crippen LogP contribution in [0.2, 0.25) is 0 Å². The zero-order valence-electron chi connectivity index (χ0n) is 15.4. The van der Waals surface area contributed by atoms with Gasteiger partial charge in [0.2, 0.25) is 11.2 Å². The lowest BCUT2D eigenvalue weighted by atomic mass is 9.97. The van der Waals surface area contributed by atoms with Gasteiger partial charge in [0.1, 0.15) is 12.0 Å². The summed E-state index contributed by atoms with van der Waals surface area (Å²) in [6.45, 7) is 1.50. The molecule has 3 nitrogen and oxygen atoms in total. The maximum absolute atomic E-state index is 12.9. The number of nitrogens with zero attached hydrogens (tertiary/aromatic N) is 1. The topological polar surface area (TPSA) is 33.0 Å². The number of rotatable bonds is 3. The highest BCUT2D eigenvalue weighted by atomic mass is 19.4. The molecule has 0 amide bonds. The number of halogens is 3. The second-order valence-corrected chi connectivity index (χ2v) is 6.72. The number of fused-ring (bicyclic) bond motifs is 3. The highest BCUT2D eigenvalue weighted by Crippen LogP contribution is 2.34. The molecule has 1 aliphatic heterocycles. The van der Waals surface area contributed by atoms with E-state index in [2.05, 4.69) is 9.88 Å². The van der Waals surface area contributed by atoms with Crippen LogP contribution in [0.3, 0.4) is 0 Å². The first-order chi connectivity index (χ1) is 14.0. The first-order valence-corrected chi connectivity index (χ1v) is 9.18. The van der Waals surface area contributed by atoms with Gasteiger partial charge in [-0.05, 0) is 35.9 Å². The van der Waals surface area contributed by atoms with E-state index in [-0.39, 0.29) is 0 Å². The molecule has 2 heterocycles. The average molecular weight is 395 g/mol. The second-order valence-electron chi connectivity index (χ2n) is 6.72. The van der Waals surface area contributed by atoms with Gasteiger partial charge in [0.05, 0.1) is 17.5 Å². The summed E-state index contributed by atoms with van der Waals surface area (Å²) >= 11 is 0. The van der Waals surface area contributed by atoms with Crippen molar-refractivity contribution in [2.75, 3.05) is 6.54 Å². The second kappa shape index (κ2) is 7.54. The molecule has 4 rings (SSSR count). The minimum absolute atomic E-state index is 0.667. The van der Waals surface area contributed by atoms with Crippen molar-refractivity contribution in [1.29, 1.82) is 0 Å². The summed E-state index contributed by atoms with van der Waals surface area (Å²) in [5.41, 5.74) is 3.68. The molecular weight excluding hydrogens is 377 g/mol. The van der Waals surface area contributed by atoms with Crippen molar-refractivity contribution in [1.82, 2.24) is 5.32 Å². The third kappa shape index (κ3) is 3.66. The number of allylic oxidation sites excluding steroid dienone is 3. The van der Waals surface area contributed by atoms with Gasteiger partial charge < -0.3 is 5.32 Å². The van der Waals surface area contributed by atoms with Crippen LogP contribution in [-0.4, -0.2) is 12.8 Å². The summed E-state index contributed by atoms with van der Waals surface area (Å²) in [4.78, 5) is 10.6. The predicted molar refractivity (Wildman–Crippen MR) is 106 cm³/mol. The van der Waals surface area contributed by atoms with Crippen molar-refractivity contribution >= 4 is 22.9 Å². The molecule has 0 spiro atoms. The van der Waals surface area contributed by atoms with Gasteiger partial charge in [-0.2, -0.15) is 17.7 Å². The van der Waals surface area contributed by atoms with Gasteiger partial charge in [-0.25, -0.2) is 0 Å². The average Bonchev–Trinajstić information content (AvgIpc) is 2.73. The van der Waals surface area contributed by atoms with Gasteiger partial charge in [0.25, 0.3) is 0 Å². The van der Waals surface area contributed by atoms with Crippen LogP contribution in [0, 0.1) is 0 Å². The molecule has 0 atom stereocenters. The van der Waals surface area contributed by atoms with Crippen LogP contribution in [0.25, 0.3) is 27.7 Å². The Morgan fingerprint density at radius 3 is 2.48 bits per heavy atom. The highest BCUT2D eigenvalue weighted by molar-refractivity contribution is 5.94. The monoisotopic (exact) mass is 395 g/mol. The van der Waals surface area contributed by atoms with E-state index >= 15 is 0 Å². The Labute approximate surface area is 165 Å². The molecule has 0 saturated heterocycles. The highest BCUT2D eigenvalue weighted by Gasteiger charge is 2.30. The molecule has 6 heteroatoms. The van der Waals surface area contributed by atoms with Gasteiger partial charge in [-0.15, -0.1) is 0 Å². The molecule has 1 N–H and O–H groups in total. The fraction of sp³-hybridized carbons (Fsp3) is 0.130. The van der Waals surface area contributed by atoms with Crippen LogP contribution >= 0.6 is 0 Å². The largest absolute Gasteiger partial charge is 0.416 e. The van der Waals surface area contributed by atoms with E-state index in [1.54, 1.807) is 6.08 Å². The van der Waals surface area contributed by atoms with Crippen LogP contribution in [0.4, 0.5) is 13.2 Å². The van der Waals surface area contributed by atoms with E-state index in [4.69, 9.17) is 0 Å². The summed E-state index contributed by atoms with van der Waals surface area (Å²) in [5, 5.41) is 4.30. The first-order valence-electron chi connectivity index (χ1n) is 9.18. The molecule has 0 saturated carbocycles. The summed E-state index contributed by atoms with van der Waals surface area (Å²) in [6.07, 6.45) is 1.24. The number of carbonyl (C=O) groups excluding carboxylic acids is 1. The maximum Gasteiger partial charge on any atom is 0.416 e. The summed E-state index contributed by atoms with van der Waals surface area (Å²) < 4.78 is 41.0. The molecule has 0 aliphatic carbocycles. The number of hydrogen-bond donors (Lipinski definition) is 1. The molecule has 146 valence electrons. The van der Waals surface area contributed by atoms with Gasteiger partial charge >= 0.3 is 6.18 Å². The van der Waals surface area contributed by atoms with Crippen LogP contribution in [0.15, 0.2) is 72.8 Å². The molecule has 0 radical (unpaired) electrons. The number of para-hydroxylation sites is 1. The van der Waals surface area contributed by atoms with E-state index in [1.165, 1.54) is 18.2 Å². The van der Waals surface area contributed by atoms with Crippen LogP contribution in [-0.2, 0) is 17.5 Å². The summed E-state index contributed by atoms with van der Waals surface area (Å²) in [7, 11) is 0. The summed E-state index contributed by atoms with van der Waals surface area (Å²) in [5.74, 6) is 0. The van der Waals surface area contributed by atoms with Crippen LogP contribution in [0.1, 0.15) is 11.3 Å². The quantitative estimate of drug-likeness (QED) is 0.402. The zero-order chi connectivity index (χ0) is 20.4. The normalized spacial score (nSPS) is 15.5. The third-order valence-corrected chi connectivity index (χ3v) is 4.96. The fourth-order valence-corrected chi connectivity index (χ4v) is 3.63. The molecule has 29 heavy (non-hydrogen) atoms. The molecule has 1 aliphatic rings. The lowest BCUT2D eigenvalue weighted by Gasteiger charge is -2.19. The standard InChI is InChI=1S/C23H17F3N2O/c24-23(25,26)17-10-8-16(9-11-17)19-15-22-20(6-3-4-14-29)27-12-13-28(22)21-7-2-1-5-18(19)21/h1-11,14-15H,12-13H2/p+1. The van der Waals surface area contributed by atoms with Crippen molar-refractivity contribution in [2.45, 2.75) is 12.7 Å². The van der Waals surface area contributed by atoms with Crippen molar-refractivity contribution in [3.05, 3.63) is 84.1 Å². The van der Waals surface area contributed by atoms with E-state index < -0.39 is 11.7 Å². The Morgan fingerprint density at radius 2 is 1.76 bits per heavy atom. The van der Waals surface area contributed by atoms with Crippen molar-refractivity contribution in [3.63, 3.8) is 0 Å². The number of nitrogens with one attached hydrogen (secondary N) is 1. The number of pyridine rings is 1. The van der Waals surface area contributed by atoms with E-state index in [1.807, 2.05) is 36.4 Å². The molecule has 0 bridgehead atoms. The van der Waals surface area contributed by atoms with E-state index in [0.717, 1.165) is 53.1 Å². The first kappa shape index (κ1) is 18.9. The minimum atomic E-state index is -4.36. The third-order valence-electron chi connectivity index (χ3n) is 4.96. The number of benzene rings is 2. The lowest BCUT2D eigenvalue weighted by molar-refractivity contribution is -0.674. The Morgan fingerprint density at radius 1 is 1.00 bits per heavy atom. The Hall–Kier alpha value is -3.41. The minimum Gasteiger partial charge on any atom is -0.373 e. The molecule has 0 fully saturated rings. The van der Waals surface area contributed by atoms with Crippen molar-refractivity contribution in [2.24, 2.45) is 0 Å². The zero-order valence-corrected chi connectivity index (χ0v) is 15.4. The van der Waals surface area contributed by atoms with Gasteiger partial charge in [-0.1, -0.05) is 30.3 Å². The number of alkyl halides is 3. The number of carbonyl (C=O) groups is 1. The molecule has 2 aromatic carbocycles.